The number of halogens is 4. The van der Waals surface area contributed by atoms with Crippen LogP contribution in [0.2, 0.25) is 0 Å². The number of aromatic nitrogens is 1. The van der Waals surface area contributed by atoms with Crippen molar-refractivity contribution >= 4 is 16.6 Å². The van der Waals surface area contributed by atoms with Crippen molar-refractivity contribution in [1.82, 2.24) is 9.88 Å². The number of fused-ring (bicyclic) bond motifs is 1. The van der Waals surface area contributed by atoms with Crippen LogP contribution < -0.4 is 10.1 Å². The van der Waals surface area contributed by atoms with E-state index >= 15 is 0 Å². The van der Waals surface area contributed by atoms with Crippen LogP contribution in [0.4, 0.5) is 23.2 Å². The molecule has 0 saturated carbocycles. The van der Waals surface area contributed by atoms with E-state index in [2.05, 4.69) is 15.2 Å². The lowest BCUT2D eigenvalue weighted by Crippen LogP contribution is -2.43. The fourth-order valence-electron chi connectivity index (χ4n) is 5.01. The van der Waals surface area contributed by atoms with Gasteiger partial charge in [0.1, 0.15) is 23.1 Å². The summed E-state index contributed by atoms with van der Waals surface area (Å²) in [7, 11) is 1.51. The molecule has 10 heteroatoms. The van der Waals surface area contributed by atoms with E-state index in [0.717, 1.165) is 6.20 Å². The van der Waals surface area contributed by atoms with Crippen LogP contribution in [0, 0.1) is 28.7 Å². The predicted octanol–water partition coefficient (Wildman–Crippen LogP) is 4.80. The molecule has 4 rings (SSSR count). The van der Waals surface area contributed by atoms with Crippen molar-refractivity contribution < 1.29 is 32.5 Å². The number of rotatable bonds is 10. The highest BCUT2D eigenvalue weighted by atomic mass is 19.1. The Morgan fingerprint density at radius 1 is 1.08 bits per heavy atom. The van der Waals surface area contributed by atoms with E-state index in [1.807, 2.05) is 0 Å². The maximum absolute atomic E-state index is 14.7. The number of pyridine rings is 1. The van der Waals surface area contributed by atoms with Gasteiger partial charge in [0.15, 0.2) is 11.6 Å². The second-order valence-corrected chi connectivity index (χ2v) is 9.63. The lowest BCUT2D eigenvalue weighted by Gasteiger charge is -2.41. The largest absolute Gasteiger partial charge is 0.497 e. The van der Waals surface area contributed by atoms with Gasteiger partial charge in [-0.25, -0.2) is 17.6 Å². The summed E-state index contributed by atoms with van der Waals surface area (Å²) >= 11 is 0. The normalized spacial score (nSPS) is 16.6. The summed E-state index contributed by atoms with van der Waals surface area (Å²) < 4.78 is 60.7. The SMILES string of the molecule is COc1ccc2ncc(F)c(C(O)CCC3(CO)CCN(CCNc4c(F)cc(F)cc4F)CC3)c2c1. The molecule has 0 radical (unpaired) electrons. The molecule has 37 heavy (non-hydrogen) atoms. The van der Waals surface area contributed by atoms with Gasteiger partial charge in [-0.05, 0) is 62.4 Å². The lowest BCUT2D eigenvalue weighted by molar-refractivity contribution is 0.0244. The minimum Gasteiger partial charge on any atom is -0.497 e. The van der Waals surface area contributed by atoms with Crippen molar-refractivity contribution in [1.29, 1.82) is 0 Å². The number of ether oxygens (including phenoxy) is 1. The zero-order valence-electron chi connectivity index (χ0n) is 20.6. The summed E-state index contributed by atoms with van der Waals surface area (Å²) in [6, 6.07) is 6.35. The third kappa shape index (κ3) is 6.14. The molecule has 0 amide bonds. The van der Waals surface area contributed by atoms with E-state index in [-0.39, 0.29) is 30.8 Å². The summed E-state index contributed by atoms with van der Waals surface area (Å²) in [5.41, 5.74) is -0.0568. The number of benzene rings is 2. The first-order chi connectivity index (χ1) is 17.7. The maximum Gasteiger partial charge on any atom is 0.152 e. The van der Waals surface area contributed by atoms with Crippen molar-refractivity contribution in [3.63, 3.8) is 0 Å². The van der Waals surface area contributed by atoms with E-state index in [1.54, 1.807) is 18.2 Å². The standard InChI is InChI=1S/C27H31F4N3O3/c1-37-18-2-3-23-19(14-18)25(22(31)15-33-23)24(36)4-5-27(16-35)6-9-34(10-7-27)11-8-32-26-20(29)12-17(28)13-21(26)30/h2-3,12-15,24,32,35-36H,4-11,16H2,1H3. The number of likely N-dealkylation sites (tertiary alicyclic amines) is 1. The molecule has 1 saturated heterocycles. The van der Waals surface area contributed by atoms with Gasteiger partial charge in [0.05, 0.1) is 24.9 Å². The molecule has 3 N–H and O–H groups in total. The molecule has 0 spiro atoms. The monoisotopic (exact) mass is 521 g/mol. The number of methoxy groups -OCH3 is 1. The van der Waals surface area contributed by atoms with E-state index in [4.69, 9.17) is 4.74 Å². The molecule has 1 aromatic heterocycles. The number of hydrogen-bond acceptors (Lipinski definition) is 6. The summed E-state index contributed by atoms with van der Waals surface area (Å²) in [5.74, 6) is -2.99. The Labute approximate surface area is 212 Å². The van der Waals surface area contributed by atoms with Gasteiger partial charge >= 0.3 is 0 Å². The Bertz CT molecular complexity index is 1210. The number of nitrogens with zero attached hydrogens (tertiary/aromatic N) is 2. The fourth-order valence-corrected chi connectivity index (χ4v) is 5.01. The molecule has 1 unspecified atom stereocenters. The van der Waals surface area contributed by atoms with Gasteiger partial charge in [0.2, 0.25) is 0 Å². The topological polar surface area (TPSA) is 77.8 Å². The van der Waals surface area contributed by atoms with Crippen LogP contribution in [-0.2, 0) is 0 Å². The highest BCUT2D eigenvalue weighted by molar-refractivity contribution is 5.84. The van der Waals surface area contributed by atoms with Crippen molar-refractivity contribution in [2.45, 2.75) is 31.8 Å². The summed E-state index contributed by atoms with van der Waals surface area (Å²) in [4.78, 5) is 6.20. The summed E-state index contributed by atoms with van der Waals surface area (Å²) in [6.07, 6.45) is 2.09. The van der Waals surface area contributed by atoms with E-state index in [1.165, 1.54) is 7.11 Å². The Kier molecular flexibility index (Phi) is 8.51. The van der Waals surface area contributed by atoms with Crippen LogP contribution in [0.15, 0.2) is 36.5 Å². The number of nitrogens with one attached hydrogen (secondary N) is 1. The second kappa shape index (κ2) is 11.6. The zero-order chi connectivity index (χ0) is 26.6. The molecule has 200 valence electrons. The quantitative estimate of drug-likeness (QED) is 0.333. The van der Waals surface area contributed by atoms with E-state index < -0.39 is 34.8 Å². The average Bonchev–Trinajstić information content (AvgIpc) is 2.89. The van der Waals surface area contributed by atoms with Crippen LogP contribution in [0.5, 0.6) is 5.75 Å². The minimum absolute atomic E-state index is 0.0643. The molecule has 2 heterocycles. The first-order valence-electron chi connectivity index (χ1n) is 12.3. The molecule has 1 atom stereocenters. The first kappa shape index (κ1) is 27.1. The number of aliphatic hydroxyl groups is 2. The van der Waals surface area contributed by atoms with E-state index in [9.17, 15) is 27.8 Å². The molecule has 1 fully saturated rings. The third-order valence-electron chi connectivity index (χ3n) is 7.34. The molecular weight excluding hydrogens is 490 g/mol. The number of aliphatic hydroxyl groups excluding tert-OH is 2. The van der Waals surface area contributed by atoms with Gasteiger partial charge in [0.25, 0.3) is 0 Å². The number of hydrogen-bond donors (Lipinski definition) is 3. The molecule has 0 aliphatic carbocycles. The van der Waals surface area contributed by atoms with Gasteiger partial charge in [-0.3, -0.25) is 4.98 Å². The van der Waals surface area contributed by atoms with Crippen LogP contribution in [0.3, 0.4) is 0 Å². The first-order valence-corrected chi connectivity index (χ1v) is 12.3. The highest BCUT2D eigenvalue weighted by Crippen LogP contribution is 2.39. The molecule has 0 bridgehead atoms. The molecule has 6 nitrogen and oxygen atoms in total. The van der Waals surface area contributed by atoms with Gasteiger partial charge in [-0.1, -0.05) is 0 Å². The van der Waals surface area contributed by atoms with Crippen molar-refractivity contribution in [3.05, 3.63) is 65.4 Å². The molecule has 1 aliphatic rings. The minimum atomic E-state index is -1.08. The second-order valence-electron chi connectivity index (χ2n) is 9.63. The van der Waals surface area contributed by atoms with Crippen molar-refractivity contribution in [2.24, 2.45) is 5.41 Å². The average molecular weight is 522 g/mol. The third-order valence-corrected chi connectivity index (χ3v) is 7.34. The van der Waals surface area contributed by atoms with Crippen LogP contribution >= 0.6 is 0 Å². The smallest absolute Gasteiger partial charge is 0.152 e. The van der Waals surface area contributed by atoms with Gasteiger partial charge in [-0.2, -0.15) is 0 Å². The Balaban J connectivity index is 1.33. The van der Waals surface area contributed by atoms with Crippen LogP contribution in [0.1, 0.15) is 37.4 Å². The van der Waals surface area contributed by atoms with Crippen molar-refractivity contribution in [3.8, 4) is 5.75 Å². The lowest BCUT2D eigenvalue weighted by atomic mass is 9.74. The Morgan fingerprint density at radius 2 is 1.78 bits per heavy atom. The predicted molar refractivity (Wildman–Crippen MR) is 132 cm³/mol. The van der Waals surface area contributed by atoms with Gasteiger partial charge in [0, 0.05) is 42.8 Å². The van der Waals surface area contributed by atoms with Crippen LogP contribution in [-0.4, -0.2) is 60.0 Å². The highest BCUT2D eigenvalue weighted by Gasteiger charge is 2.34. The van der Waals surface area contributed by atoms with E-state index in [0.29, 0.717) is 67.7 Å². The fraction of sp³-hybridized carbons (Fsp3) is 0.444. The van der Waals surface area contributed by atoms with Crippen LogP contribution in [0.25, 0.3) is 10.9 Å². The maximum atomic E-state index is 14.7. The molecule has 1 aliphatic heterocycles. The zero-order valence-corrected chi connectivity index (χ0v) is 20.6. The van der Waals surface area contributed by atoms with Gasteiger partial charge < -0.3 is 25.2 Å². The van der Waals surface area contributed by atoms with Gasteiger partial charge in [-0.15, -0.1) is 0 Å². The Hall–Kier alpha value is -2.95. The number of anilines is 1. The number of piperidine rings is 1. The molecule has 2 aromatic carbocycles. The molecular formula is C27H31F4N3O3. The van der Waals surface area contributed by atoms with Crippen molar-refractivity contribution in [2.75, 3.05) is 45.2 Å². The Morgan fingerprint density at radius 3 is 2.43 bits per heavy atom. The molecule has 3 aromatic rings. The summed E-state index contributed by atoms with van der Waals surface area (Å²) in [6.45, 7) is 2.01. The summed E-state index contributed by atoms with van der Waals surface area (Å²) in [5, 5.41) is 24.3.